The van der Waals surface area contributed by atoms with E-state index in [0.29, 0.717) is 51.7 Å². The fraction of sp³-hybridized carbons (Fsp3) is 0.429. The summed E-state index contributed by atoms with van der Waals surface area (Å²) in [6.07, 6.45) is 2.27. The quantitative estimate of drug-likeness (QED) is 0.688. The maximum Gasteiger partial charge on any atom is 0.219 e. The van der Waals surface area contributed by atoms with E-state index in [1.807, 2.05) is 47.4 Å². The minimum Gasteiger partial charge on any atom is -0.458 e. The molecule has 0 spiro atoms. The summed E-state index contributed by atoms with van der Waals surface area (Å²) < 4.78 is 6.66. The minimum atomic E-state index is -0.402. The van der Waals surface area contributed by atoms with E-state index in [1.165, 1.54) is 5.06 Å². The van der Waals surface area contributed by atoms with Crippen LogP contribution >= 0.6 is 0 Å². The van der Waals surface area contributed by atoms with E-state index < -0.39 is 6.23 Å². The molecular weight excluding hydrogens is 454 g/mol. The van der Waals surface area contributed by atoms with E-state index in [4.69, 9.17) is 9.73 Å². The molecule has 0 aliphatic carbocycles. The van der Waals surface area contributed by atoms with Gasteiger partial charge in [-0.2, -0.15) is 0 Å². The van der Waals surface area contributed by atoms with Crippen LogP contribution in [-0.2, 0) is 16.0 Å². The first-order chi connectivity index (χ1) is 17.5. The van der Waals surface area contributed by atoms with Crippen LogP contribution in [0.15, 0.2) is 65.7 Å². The zero-order valence-corrected chi connectivity index (χ0v) is 21.0. The van der Waals surface area contributed by atoms with Crippen molar-refractivity contribution in [1.29, 1.82) is 0 Å². The highest BCUT2D eigenvalue weighted by molar-refractivity contribution is 5.82. The van der Waals surface area contributed by atoms with E-state index in [2.05, 4.69) is 35.3 Å². The zero-order valence-electron chi connectivity index (χ0n) is 21.0. The predicted molar refractivity (Wildman–Crippen MR) is 139 cm³/mol. The molecule has 0 radical (unpaired) electrons. The van der Waals surface area contributed by atoms with Gasteiger partial charge >= 0.3 is 0 Å². The molecular formula is C28H35N5O3. The summed E-state index contributed by atoms with van der Waals surface area (Å²) in [5.41, 5.74) is 3.93. The molecule has 36 heavy (non-hydrogen) atoms. The number of ether oxygens (including phenoxy) is 1. The molecule has 2 N–H and O–H groups in total. The topological polar surface area (TPSA) is 80.6 Å². The molecule has 3 aliphatic rings. The number of carbonyl (C=O) groups excluding carboxylic acids is 1. The number of rotatable bonds is 4. The molecule has 3 heterocycles. The lowest BCUT2D eigenvalue weighted by Crippen LogP contribution is -2.56. The van der Waals surface area contributed by atoms with Crippen LogP contribution < -0.4 is 5.32 Å². The van der Waals surface area contributed by atoms with Crippen molar-refractivity contribution in [2.45, 2.75) is 32.5 Å². The molecule has 1 fully saturated rings. The molecule has 0 bridgehead atoms. The Bertz CT molecular complexity index is 1130. The Morgan fingerprint density at radius 2 is 1.81 bits per heavy atom. The Labute approximate surface area is 212 Å². The Morgan fingerprint density at radius 1 is 1.08 bits per heavy atom. The van der Waals surface area contributed by atoms with E-state index in [-0.39, 0.29) is 17.9 Å². The third-order valence-electron chi connectivity index (χ3n) is 7.42. The van der Waals surface area contributed by atoms with Gasteiger partial charge in [-0.25, -0.2) is 4.99 Å². The lowest BCUT2D eigenvalue weighted by Gasteiger charge is -2.44. The van der Waals surface area contributed by atoms with E-state index in [0.717, 1.165) is 22.4 Å². The van der Waals surface area contributed by atoms with Gasteiger partial charge in [-0.3, -0.25) is 25.3 Å². The van der Waals surface area contributed by atoms with Gasteiger partial charge in [0.25, 0.3) is 0 Å². The van der Waals surface area contributed by atoms with Crippen LogP contribution in [0.3, 0.4) is 0 Å². The number of hydrogen-bond donors (Lipinski definition) is 2. The lowest BCUT2D eigenvalue weighted by atomic mass is 9.90. The summed E-state index contributed by atoms with van der Waals surface area (Å²) in [4.78, 5) is 20.7. The number of carbonyl (C=O) groups is 1. The molecule has 1 saturated heterocycles. The van der Waals surface area contributed by atoms with Crippen LogP contribution in [0.4, 0.5) is 0 Å². The van der Waals surface area contributed by atoms with Crippen LogP contribution in [-0.4, -0.2) is 83.5 Å². The van der Waals surface area contributed by atoms with Gasteiger partial charge in [0.15, 0.2) is 12.1 Å². The van der Waals surface area contributed by atoms with Gasteiger partial charge in [-0.15, -0.1) is 0 Å². The third kappa shape index (κ3) is 5.16. The first kappa shape index (κ1) is 24.5. The van der Waals surface area contributed by atoms with Crippen LogP contribution in [0.5, 0.6) is 0 Å². The Kier molecular flexibility index (Phi) is 7.36. The largest absolute Gasteiger partial charge is 0.458 e. The van der Waals surface area contributed by atoms with Crippen molar-refractivity contribution in [2.75, 3.05) is 39.4 Å². The molecule has 8 heteroatoms. The SMILES string of the molecule is CC(=O)N1CCN(C2C=C(c3ccccc3C)N(O)C(Cc3ccccc3)C3CNCN=C3O2)CC1. The van der Waals surface area contributed by atoms with Crippen molar-refractivity contribution >= 4 is 17.5 Å². The molecule has 0 saturated carbocycles. The van der Waals surface area contributed by atoms with Crippen LogP contribution in [0, 0.1) is 12.8 Å². The van der Waals surface area contributed by atoms with Gasteiger partial charge in [-0.1, -0.05) is 54.6 Å². The standard InChI is InChI=1S/C28H35N5O3/c1-20-8-6-7-11-23(20)26-17-27(32-14-12-31(13-15-32)21(2)34)36-28-24(18-29-19-30-28)25(33(26)35)16-22-9-4-3-5-10-22/h3-11,17,24-25,27,29,35H,12-16,18-19H2,1-2H3. The molecule has 3 unspecified atom stereocenters. The second-order valence-corrected chi connectivity index (χ2v) is 9.73. The fourth-order valence-corrected chi connectivity index (χ4v) is 5.33. The number of aryl methyl sites for hydroxylation is 1. The van der Waals surface area contributed by atoms with Gasteiger partial charge in [0, 0.05) is 45.2 Å². The molecule has 190 valence electrons. The van der Waals surface area contributed by atoms with Crippen LogP contribution in [0.25, 0.3) is 5.70 Å². The third-order valence-corrected chi connectivity index (χ3v) is 7.42. The molecule has 3 atom stereocenters. The van der Waals surface area contributed by atoms with Gasteiger partial charge < -0.3 is 9.64 Å². The summed E-state index contributed by atoms with van der Waals surface area (Å²) in [5, 5.41) is 16.7. The Morgan fingerprint density at radius 3 is 2.53 bits per heavy atom. The van der Waals surface area contributed by atoms with E-state index >= 15 is 0 Å². The zero-order chi connectivity index (χ0) is 25.1. The molecule has 3 aliphatic heterocycles. The smallest absolute Gasteiger partial charge is 0.219 e. The number of piperazine rings is 1. The number of amides is 1. The Hall–Kier alpha value is -3.20. The lowest BCUT2D eigenvalue weighted by molar-refractivity contribution is -0.131. The van der Waals surface area contributed by atoms with E-state index in [1.54, 1.807) is 6.92 Å². The molecule has 8 nitrogen and oxygen atoms in total. The van der Waals surface area contributed by atoms with Crippen molar-refractivity contribution < 1.29 is 14.7 Å². The number of hydrogen-bond acceptors (Lipinski definition) is 7. The number of hydroxylamine groups is 2. The Balaban J connectivity index is 1.55. The van der Waals surface area contributed by atoms with Crippen molar-refractivity contribution in [1.82, 2.24) is 20.2 Å². The first-order valence-corrected chi connectivity index (χ1v) is 12.7. The maximum absolute atomic E-state index is 11.9. The molecule has 2 aromatic rings. The monoisotopic (exact) mass is 489 g/mol. The van der Waals surface area contributed by atoms with Crippen LogP contribution in [0.2, 0.25) is 0 Å². The van der Waals surface area contributed by atoms with Gasteiger partial charge in [0.05, 0.1) is 24.3 Å². The highest BCUT2D eigenvalue weighted by Gasteiger charge is 2.40. The highest BCUT2D eigenvalue weighted by Crippen LogP contribution is 2.32. The number of nitrogens with one attached hydrogen (secondary N) is 1. The van der Waals surface area contributed by atoms with E-state index in [9.17, 15) is 10.0 Å². The predicted octanol–water partition coefficient (Wildman–Crippen LogP) is 2.73. The maximum atomic E-state index is 11.9. The molecule has 0 aromatic heterocycles. The van der Waals surface area contributed by atoms with Gasteiger partial charge in [0.1, 0.15) is 0 Å². The minimum absolute atomic E-state index is 0.0949. The second kappa shape index (κ2) is 10.8. The number of aliphatic imine (C=N–C) groups is 1. The van der Waals surface area contributed by atoms with Crippen LogP contribution in [0.1, 0.15) is 23.6 Å². The van der Waals surface area contributed by atoms with Crippen molar-refractivity contribution in [3.8, 4) is 0 Å². The molecule has 5 rings (SSSR count). The summed E-state index contributed by atoms with van der Waals surface area (Å²) in [6.45, 7) is 7.52. The van der Waals surface area contributed by atoms with Gasteiger partial charge in [0.2, 0.25) is 5.91 Å². The highest BCUT2D eigenvalue weighted by atomic mass is 16.5. The molecule has 2 aromatic carbocycles. The average molecular weight is 490 g/mol. The molecule has 1 amide bonds. The fourth-order valence-electron chi connectivity index (χ4n) is 5.33. The number of fused-ring (bicyclic) bond motifs is 1. The van der Waals surface area contributed by atoms with Crippen molar-refractivity contribution in [3.05, 3.63) is 77.4 Å². The first-order valence-electron chi connectivity index (χ1n) is 12.7. The number of nitrogens with zero attached hydrogens (tertiary/aromatic N) is 4. The summed E-state index contributed by atoms with van der Waals surface area (Å²) in [6, 6.07) is 18.1. The summed E-state index contributed by atoms with van der Waals surface area (Å²) >= 11 is 0. The van der Waals surface area contributed by atoms with Gasteiger partial charge in [-0.05, 0) is 30.5 Å². The van der Waals surface area contributed by atoms with Crippen molar-refractivity contribution in [3.63, 3.8) is 0 Å². The number of benzene rings is 2. The van der Waals surface area contributed by atoms with Crippen molar-refractivity contribution in [2.24, 2.45) is 10.9 Å². The normalized spacial score (nSPS) is 25.1. The second-order valence-electron chi connectivity index (χ2n) is 9.73. The summed E-state index contributed by atoms with van der Waals surface area (Å²) in [5.74, 6) is 0.642. The summed E-state index contributed by atoms with van der Waals surface area (Å²) in [7, 11) is 0. The average Bonchev–Trinajstić information content (AvgIpc) is 2.90.